The summed E-state index contributed by atoms with van der Waals surface area (Å²) in [6.07, 6.45) is 2.94. The highest BCUT2D eigenvalue weighted by molar-refractivity contribution is 4.77. The third kappa shape index (κ3) is 2.99. The fraction of sp³-hybridized carbons (Fsp3) is 0.778. The normalized spacial score (nSPS) is 13.1. The number of rotatable bonds is 5. The molecular formula is C9H17N3O2. The molecule has 5 heteroatoms. The zero-order valence-electron chi connectivity index (χ0n) is 8.69. The zero-order valence-corrected chi connectivity index (χ0v) is 8.69. The first-order chi connectivity index (χ1) is 6.61. The maximum atomic E-state index is 11.1. The van der Waals surface area contributed by atoms with Crippen LogP contribution in [-0.4, -0.2) is 15.8 Å². The Morgan fingerprint density at radius 3 is 2.79 bits per heavy atom. The van der Waals surface area contributed by atoms with Gasteiger partial charge in [0.2, 0.25) is 0 Å². The lowest BCUT2D eigenvalue weighted by Gasteiger charge is -2.04. The molecule has 1 aromatic rings. The van der Waals surface area contributed by atoms with Gasteiger partial charge in [0, 0.05) is 12.6 Å². The Morgan fingerprint density at radius 2 is 2.29 bits per heavy atom. The highest BCUT2D eigenvalue weighted by Crippen LogP contribution is 2.01. The van der Waals surface area contributed by atoms with Crippen molar-refractivity contribution in [2.75, 3.05) is 0 Å². The van der Waals surface area contributed by atoms with Crippen LogP contribution in [0.2, 0.25) is 0 Å². The molecule has 0 amide bonds. The fourth-order valence-electron chi connectivity index (χ4n) is 1.33. The molecule has 1 heterocycles. The van der Waals surface area contributed by atoms with Crippen LogP contribution in [0.5, 0.6) is 0 Å². The number of nitrogens with zero attached hydrogens (tertiary/aromatic N) is 2. The van der Waals surface area contributed by atoms with Crippen molar-refractivity contribution in [3.05, 3.63) is 16.4 Å². The molecule has 80 valence electrons. The standard InChI is InChI=1S/C9H17N3O2/c1-7(10)5-3-4-6-12-8(2)11-14-9(12)13/h7H,3-6,10H2,1-2H3. The SMILES string of the molecule is Cc1noc(=O)n1CCCCC(C)N. The maximum Gasteiger partial charge on any atom is 0.441 e. The van der Waals surface area contributed by atoms with Gasteiger partial charge in [-0.2, -0.15) is 0 Å². The molecule has 1 aromatic heterocycles. The van der Waals surface area contributed by atoms with Crippen molar-refractivity contribution in [1.29, 1.82) is 0 Å². The first kappa shape index (κ1) is 11.0. The third-order valence-corrected chi connectivity index (χ3v) is 2.16. The van der Waals surface area contributed by atoms with Gasteiger partial charge in [0.25, 0.3) is 0 Å². The van der Waals surface area contributed by atoms with Crippen LogP contribution in [0.15, 0.2) is 9.32 Å². The Labute approximate surface area is 82.9 Å². The van der Waals surface area contributed by atoms with Gasteiger partial charge in [0.1, 0.15) is 0 Å². The quantitative estimate of drug-likeness (QED) is 0.707. The molecule has 0 bridgehead atoms. The molecule has 0 saturated carbocycles. The molecule has 0 aliphatic carbocycles. The molecule has 0 aromatic carbocycles. The smallest absolute Gasteiger partial charge is 0.328 e. The molecule has 0 radical (unpaired) electrons. The predicted molar refractivity (Wildman–Crippen MR) is 53.0 cm³/mol. The van der Waals surface area contributed by atoms with Gasteiger partial charge in [-0.05, 0) is 26.7 Å². The lowest BCUT2D eigenvalue weighted by molar-refractivity contribution is 0.372. The second kappa shape index (κ2) is 4.95. The Morgan fingerprint density at radius 1 is 1.57 bits per heavy atom. The molecule has 1 rings (SSSR count). The first-order valence-electron chi connectivity index (χ1n) is 4.90. The van der Waals surface area contributed by atoms with Gasteiger partial charge >= 0.3 is 5.76 Å². The molecule has 14 heavy (non-hydrogen) atoms. The lowest BCUT2D eigenvalue weighted by atomic mass is 10.1. The maximum absolute atomic E-state index is 11.1. The third-order valence-electron chi connectivity index (χ3n) is 2.16. The van der Waals surface area contributed by atoms with E-state index in [4.69, 9.17) is 5.73 Å². The van der Waals surface area contributed by atoms with Gasteiger partial charge in [0.15, 0.2) is 5.82 Å². The van der Waals surface area contributed by atoms with E-state index >= 15 is 0 Å². The molecule has 0 aliphatic rings. The van der Waals surface area contributed by atoms with Crippen LogP contribution in [0.25, 0.3) is 0 Å². The first-order valence-corrected chi connectivity index (χ1v) is 4.90. The molecule has 2 N–H and O–H groups in total. The van der Waals surface area contributed by atoms with Crippen molar-refractivity contribution in [3.8, 4) is 0 Å². The minimum atomic E-state index is -0.372. The molecule has 1 unspecified atom stereocenters. The average Bonchev–Trinajstić information content (AvgIpc) is 2.42. The summed E-state index contributed by atoms with van der Waals surface area (Å²) in [5, 5.41) is 3.58. The number of unbranched alkanes of at least 4 members (excludes halogenated alkanes) is 1. The minimum absolute atomic E-state index is 0.232. The van der Waals surface area contributed by atoms with Crippen LogP contribution in [-0.2, 0) is 6.54 Å². The fourth-order valence-corrected chi connectivity index (χ4v) is 1.33. The van der Waals surface area contributed by atoms with Gasteiger partial charge in [0.05, 0.1) is 0 Å². The molecule has 0 fully saturated rings. The second-order valence-corrected chi connectivity index (χ2v) is 3.62. The number of aryl methyl sites for hydroxylation is 1. The van der Waals surface area contributed by atoms with Gasteiger partial charge in [-0.3, -0.25) is 9.09 Å². The van der Waals surface area contributed by atoms with Gasteiger partial charge in [-0.25, -0.2) is 4.79 Å². The van der Waals surface area contributed by atoms with E-state index in [2.05, 4.69) is 9.68 Å². The summed E-state index contributed by atoms with van der Waals surface area (Å²) in [7, 11) is 0. The number of nitrogens with two attached hydrogens (primary N) is 1. The van der Waals surface area contributed by atoms with Crippen LogP contribution >= 0.6 is 0 Å². The van der Waals surface area contributed by atoms with E-state index in [1.54, 1.807) is 11.5 Å². The molecule has 0 spiro atoms. The van der Waals surface area contributed by atoms with E-state index in [0.717, 1.165) is 19.3 Å². The van der Waals surface area contributed by atoms with E-state index in [9.17, 15) is 4.79 Å². The largest absolute Gasteiger partial charge is 0.441 e. The van der Waals surface area contributed by atoms with E-state index in [1.807, 2.05) is 6.92 Å². The zero-order chi connectivity index (χ0) is 10.6. The highest BCUT2D eigenvalue weighted by Gasteiger charge is 2.04. The summed E-state index contributed by atoms with van der Waals surface area (Å²) in [6, 6.07) is 0.232. The van der Waals surface area contributed by atoms with Crippen molar-refractivity contribution >= 4 is 0 Å². The number of hydrogen-bond acceptors (Lipinski definition) is 4. The van der Waals surface area contributed by atoms with E-state index in [0.29, 0.717) is 12.4 Å². The van der Waals surface area contributed by atoms with Gasteiger partial charge in [-0.1, -0.05) is 11.6 Å². The topological polar surface area (TPSA) is 74.0 Å². The van der Waals surface area contributed by atoms with Crippen molar-refractivity contribution in [3.63, 3.8) is 0 Å². The van der Waals surface area contributed by atoms with Crippen LogP contribution in [0.1, 0.15) is 32.0 Å². The molecule has 0 aliphatic heterocycles. The second-order valence-electron chi connectivity index (χ2n) is 3.62. The Balaban J connectivity index is 2.35. The minimum Gasteiger partial charge on any atom is -0.328 e. The molecule has 1 atom stereocenters. The van der Waals surface area contributed by atoms with Crippen LogP contribution in [0, 0.1) is 6.92 Å². The summed E-state index contributed by atoms with van der Waals surface area (Å²) in [5.74, 6) is 0.263. The summed E-state index contributed by atoms with van der Waals surface area (Å²) in [6.45, 7) is 4.41. The van der Waals surface area contributed by atoms with Gasteiger partial charge < -0.3 is 5.73 Å². The van der Waals surface area contributed by atoms with Crippen molar-refractivity contribution < 1.29 is 4.52 Å². The lowest BCUT2D eigenvalue weighted by Crippen LogP contribution is -2.17. The monoisotopic (exact) mass is 199 g/mol. The Bertz CT molecular complexity index is 327. The summed E-state index contributed by atoms with van der Waals surface area (Å²) >= 11 is 0. The molecule has 5 nitrogen and oxygen atoms in total. The van der Waals surface area contributed by atoms with Crippen molar-refractivity contribution in [1.82, 2.24) is 9.72 Å². The Kier molecular flexibility index (Phi) is 3.88. The van der Waals surface area contributed by atoms with E-state index in [-0.39, 0.29) is 11.8 Å². The summed E-state index contributed by atoms with van der Waals surface area (Å²) < 4.78 is 6.05. The molecule has 0 saturated heterocycles. The summed E-state index contributed by atoms with van der Waals surface area (Å²) in [5.41, 5.74) is 5.61. The van der Waals surface area contributed by atoms with E-state index in [1.165, 1.54) is 0 Å². The number of aromatic nitrogens is 2. The average molecular weight is 199 g/mol. The van der Waals surface area contributed by atoms with Crippen LogP contribution in [0.3, 0.4) is 0 Å². The number of hydrogen-bond donors (Lipinski definition) is 1. The van der Waals surface area contributed by atoms with Crippen molar-refractivity contribution in [2.24, 2.45) is 5.73 Å². The van der Waals surface area contributed by atoms with Crippen LogP contribution in [0.4, 0.5) is 0 Å². The summed E-state index contributed by atoms with van der Waals surface area (Å²) in [4.78, 5) is 11.1. The Hall–Kier alpha value is -1.10. The van der Waals surface area contributed by atoms with Crippen molar-refractivity contribution in [2.45, 2.75) is 45.7 Å². The highest BCUT2D eigenvalue weighted by atomic mass is 16.5. The van der Waals surface area contributed by atoms with Gasteiger partial charge in [-0.15, -0.1) is 0 Å². The predicted octanol–water partition coefficient (Wildman–Crippen LogP) is 0.662. The van der Waals surface area contributed by atoms with Crippen LogP contribution < -0.4 is 11.5 Å². The molecular weight excluding hydrogens is 182 g/mol. The van der Waals surface area contributed by atoms with E-state index < -0.39 is 0 Å².